The summed E-state index contributed by atoms with van der Waals surface area (Å²) in [7, 11) is 0. The Balaban J connectivity index is 1.83. The van der Waals surface area contributed by atoms with E-state index < -0.39 is 11.7 Å². The number of alkyl halides is 4. The van der Waals surface area contributed by atoms with Crippen LogP contribution in [0.15, 0.2) is 24.3 Å². The van der Waals surface area contributed by atoms with Gasteiger partial charge in [-0.15, -0.1) is 11.6 Å². The zero-order chi connectivity index (χ0) is 15.5. The highest BCUT2D eigenvalue weighted by Gasteiger charge is 2.41. The van der Waals surface area contributed by atoms with Gasteiger partial charge in [-0.2, -0.15) is 13.2 Å². The molecule has 1 aliphatic carbocycles. The number of rotatable bonds is 6. The molecule has 1 amide bonds. The van der Waals surface area contributed by atoms with Gasteiger partial charge in [0.05, 0.1) is 12.0 Å². The molecule has 21 heavy (non-hydrogen) atoms. The summed E-state index contributed by atoms with van der Waals surface area (Å²) in [4.78, 5) is 11.8. The third-order valence-corrected chi connectivity index (χ3v) is 4.08. The Kier molecular flexibility index (Phi) is 4.81. The van der Waals surface area contributed by atoms with Gasteiger partial charge in [-0.25, -0.2) is 0 Å². The summed E-state index contributed by atoms with van der Waals surface area (Å²) in [5, 5.41) is 2.84. The van der Waals surface area contributed by atoms with Crippen molar-refractivity contribution < 1.29 is 18.0 Å². The van der Waals surface area contributed by atoms with Crippen LogP contribution in [0.3, 0.4) is 0 Å². The largest absolute Gasteiger partial charge is 0.416 e. The first kappa shape index (κ1) is 16.1. The minimum atomic E-state index is -4.35. The van der Waals surface area contributed by atoms with Gasteiger partial charge >= 0.3 is 6.18 Å². The van der Waals surface area contributed by atoms with Gasteiger partial charge in [0.25, 0.3) is 0 Å². The van der Waals surface area contributed by atoms with Crippen molar-refractivity contribution in [3.05, 3.63) is 35.4 Å². The van der Waals surface area contributed by atoms with Gasteiger partial charge in [0, 0.05) is 12.4 Å². The average molecular weight is 320 g/mol. The number of hydrogen-bond acceptors (Lipinski definition) is 1. The molecule has 1 fully saturated rings. The van der Waals surface area contributed by atoms with E-state index in [1.54, 1.807) is 0 Å². The molecule has 1 aromatic rings. The zero-order valence-corrected chi connectivity index (χ0v) is 12.2. The van der Waals surface area contributed by atoms with Gasteiger partial charge in [0.1, 0.15) is 0 Å². The monoisotopic (exact) mass is 319 g/mol. The van der Waals surface area contributed by atoms with Crippen LogP contribution in [0.4, 0.5) is 13.2 Å². The van der Waals surface area contributed by atoms with Gasteiger partial charge in [-0.05, 0) is 42.4 Å². The fourth-order valence-electron chi connectivity index (χ4n) is 2.24. The summed E-state index contributed by atoms with van der Waals surface area (Å²) >= 11 is 5.72. The molecule has 6 heteroatoms. The molecule has 116 valence electrons. The molecule has 0 bridgehead atoms. The molecular formula is C15H17ClF3NO. The van der Waals surface area contributed by atoms with E-state index in [9.17, 15) is 18.0 Å². The quantitative estimate of drug-likeness (QED) is 0.794. The third-order valence-electron chi connectivity index (χ3n) is 3.89. The van der Waals surface area contributed by atoms with Crippen molar-refractivity contribution in [3.63, 3.8) is 0 Å². The third kappa shape index (κ3) is 4.63. The first-order chi connectivity index (χ1) is 9.85. The Bertz CT molecular complexity index is 495. The summed E-state index contributed by atoms with van der Waals surface area (Å²) in [6.45, 7) is 0.596. The molecule has 1 N–H and O–H groups in total. The molecule has 0 atom stereocenters. The Morgan fingerprint density at radius 1 is 1.24 bits per heavy atom. The highest BCUT2D eigenvalue weighted by molar-refractivity contribution is 6.17. The second-order valence-electron chi connectivity index (χ2n) is 5.59. The molecule has 1 aliphatic rings. The van der Waals surface area contributed by atoms with E-state index in [-0.39, 0.29) is 17.7 Å². The topological polar surface area (TPSA) is 29.1 Å². The summed E-state index contributed by atoms with van der Waals surface area (Å²) in [5.41, 5.74) is 0.0192. The fraction of sp³-hybridized carbons (Fsp3) is 0.533. The van der Waals surface area contributed by atoms with Crippen LogP contribution in [0.5, 0.6) is 0 Å². The zero-order valence-electron chi connectivity index (χ0n) is 11.5. The van der Waals surface area contributed by atoms with E-state index in [4.69, 9.17) is 11.6 Å². The molecule has 1 aromatic carbocycles. The van der Waals surface area contributed by atoms with E-state index in [0.717, 1.165) is 31.4 Å². The predicted molar refractivity (Wildman–Crippen MR) is 75.2 cm³/mol. The molecule has 0 unspecified atom stereocenters. The maximum atomic E-state index is 12.4. The van der Waals surface area contributed by atoms with E-state index >= 15 is 0 Å². The van der Waals surface area contributed by atoms with Crippen molar-refractivity contribution in [2.75, 3.05) is 12.4 Å². The van der Waals surface area contributed by atoms with Crippen molar-refractivity contribution in [3.8, 4) is 0 Å². The van der Waals surface area contributed by atoms with Gasteiger partial charge in [0.2, 0.25) is 5.91 Å². The number of halogens is 4. The van der Waals surface area contributed by atoms with Crippen molar-refractivity contribution in [2.45, 2.75) is 31.9 Å². The van der Waals surface area contributed by atoms with E-state index in [1.807, 2.05) is 0 Å². The lowest BCUT2D eigenvalue weighted by molar-refractivity contribution is -0.137. The van der Waals surface area contributed by atoms with Crippen LogP contribution in [-0.4, -0.2) is 18.3 Å². The molecule has 0 spiro atoms. The van der Waals surface area contributed by atoms with E-state index in [0.29, 0.717) is 18.0 Å². The molecular weight excluding hydrogens is 303 g/mol. The van der Waals surface area contributed by atoms with Crippen molar-refractivity contribution in [2.24, 2.45) is 5.41 Å². The maximum absolute atomic E-state index is 12.4. The normalized spacial score (nSPS) is 16.6. The maximum Gasteiger partial charge on any atom is 0.416 e. The number of nitrogens with one attached hydrogen (secondary N) is 1. The van der Waals surface area contributed by atoms with Gasteiger partial charge in [-0.3, -0.25) is 4.79 Å². The number of benzene rings is 1. The molecule has 0 heterocycles. The standard InChI is InChI=1S/C15H17ClF3NO/c16-8-7-14(5-6-14)10-20-13(21)9-11-1-3-12(4-2-11)15(17,18)19/h1-4H,5-10H2,(H,20,21). The average Bonchev–Trinajstić information content (AvgIpc) is 3.17. The van der Waals surface area contributed by atoms with Gasteiger partial charge in [0.15, 0.2) is 0 Å². The smallest absolute Gasteiger partial charge is 0.355 e. The molecule has 2 nitrogen and oxygen atoms in total. The highest BCUT2D eigenvalue weighted by Crippen LogP contribution is 2.48. The summed E-state index contributed by atoms with van der Waals surface area (Å²) in [5.74, 6) is 0.407. The summed E-state index contributed by atoms with van der Waals surface area (Å²) in [6.07, 6.45) is -1.23. The Hall–Kier alpha value is -1.23. The lowest BCUT2D eigenvalue weighted by Crippen LogP contribution is -2.31. The second-order valence-corrected chi connectivity index (χ2v) is 5.97. The van der Waals surface area contributed by atoms with Crippen LogP contribution in [0.2, 0.25) is 0 Å². The van der Waals surface area contributed by atoms with Crippen LogP contribution in [-0.2, 0) is 17.4 Å². The number of carbonyl (C=O) groups is 1. The molecule has 0 radical (unpaired) electrons. The summed E-state index contributed by atoms with van der Waals surface area (Å²) in [6, 6.07) is 4.68. The van der Waals surface area contributed by atoms with Crippen molar-refractivity contribution in [1.29, 1.82) is 0 Å². The molecule has 0 saturated heterocycles. The number of carbonyl (C=O) groups excluding carboxylic acids is 1. The van der Waals surface area contributed by atoms with E-state index in [2.05, 4.69) is 5.32 Å². The molecule has 1 saturated carbocycles. The minimum Gasteiger partial charge on any atom is -0.355 e. The Morgan fingerprint density at radius 2 is 1.86 bits per heavy atom. The van der Waals surface area contributed by atoms with Crippen LogP contribution in [0.25, 0.3) is 0 Å². The van der Waals surface area contributed by atoms with Crippen molar-refractivity contribution >= 4 is 17.5 Å². The first-order valence-corrected chi connectivity index (χ1v) is 7.37. The molecule has 0 aromatic heterocycles. The second kappa shape index (κ2) is 6.26. The SMILES string of the molecule is O=C(Cc1ccc(C(F)(F)F)cc1)NCC1(CCCl)CC1. The van der Waals surface area contributed by atoms with Crippen LogP contribution in [0, 0.1) is 5.41 Å². The van der Waals surface area contributed by atoms with Gasteiger partial charge < -0.3 is 5.32 Å². The molecule has 2 rings (SSSR count). The Morgan fingerprint density at radius 3 is 2.33 bits per heavy atom. The van der Waals surface area contributed by atoms with Crippen molar-refractivity contribution in [1.82, 2.24) is 5.32 Å². The Labute approximate surface area is 126 Å². The van der Waals surface area contributed by atoms with Crippen LogP contribution >= 0.6 is 11.6 Å². The van der Waals surface area contributed by atoms with Gasteiger partial charge in [-0.1, -0.05) is 12.1 Å². The van der Waals surface area contributed by atoms with Crippen LogP contribution < -0.4 is 5.32 Å². The lowest BCUT2D eigenvalue weighted by Gasteiger charge is -2.14. The fourth-order valence-corrected chi connectivity index (χ4v) is 2.64. The van der Waals surface area contributed by atoms with Crippen LogP contribution in [0.1, 0.15) is 30.4 Å². The number of hydrogen-bond donors (Lipinski definition) is 1. The van der Waals surface area contributed by atoms with E-state index in [1.165, 1.54) is 12.1 Å². The number of amides is 1. The predicted octanol–water partition coefficient (Wildman–Crippen LogP) is 3.77. The lowest BCUT2D eigenvalue weighted by atomic mass is 10.0. The first-order valence-electron chi connectivity index (χ1n) is 6.83. The highest BCUT2D eigenvalue weighted by atomic mass is 35.5. The minimum absolute atomic E-state index is 0.0924. The molecule has 0 aliphatic heterocycles. The summed E-state index contributed by atoms with van der Waals surface area (Å²) < 4.78 is 37.3.